The summed E-state index contributed by atoms with van der Waals surface area (Å²) in [6.07, 6.45) is 1.12. The van der Waals surface area contributed by atoms with E-state index in [1.165, 1.54) is 89.5 Å². The number of anilines is 6. The van der Waals surface area contributed by atoms with Crippen LogP contribution in [0.2, 0.25) is 0 Å². The first-order chi connectivity index (χ1) is 26.2. The van der Waals surface area contributed by atoms with Gasteiger partial charge in [-0.05, 0) is 144 Å². The monoisotopic (exact) mass is 755 g/mol. The second-order valence-corrected chi connectivity index (χ2v) is 23.3. The Bertz CT molecular complexity index is 2400. The van der Waals surface area contributed by atoms with E-state index in [1.54, 1.807) is 0 Å². The number of fused-ring (bicyclic) bond motifs is 6. The van der Waals surface area contributed by atoms with Crippen molar-refractivity contribution in [2.24, 2.45) is 0 Å². The van der Waals surface area contributed by atoms with Gasteiger partial charge in [0, 0.05) is 34.1 Å². The lowest BCUT2D eigenvalue weighted by Crippen LogP contribution is -2.62. The average molecular weight is 755 g/mol. The van der Waals surface area contributed by atoms with Gasteiger partial charge in [-0.2, -0.15) is 0 Å². The van der Waals surface area contributed by atoms with Gasteiger partial charge in [0.25, 0.3) is 6.71 Å². The Balaban J connectivity index is 1.53. The molecule has 5 aromatic rings. The summed E-state index contributed by atoms with van der Waals surface area (Å²) in [5.41, 5.74) is 21.9. The topological polar surface area (TPSA) is 6.48 Å². The van der Waals surface area contributed by atoms with Gasteiger partial charge in [0.05, 0.1) is 0 Å². The molecule has 3 heteroatoms. The van der Waals surface area contributed by atoms with Gasteiger partial charge in [-0.3, -0.25) is 0 Å². The molecule has 0 saturated carbocycles. The highest BCUT2D eigenvalue weighted by Crippen LogP contribution is 2.56. The summed E-state index contributed by atoms with van der Waals surface area (Å²) >= 11 is 0. The maximum atomic E-state index is 2.73. The van der Waals surface area contributed by atoms with Crippen LogP contribution in [0.3, 0.4) is 0 Å². The molecule has 2 nitrogen and oxygen atoms in total. The van der Waals surface area contributed by atoms with E-state index in [0.29, 0.717) is 0 Å². The standard InChI is InChI=1S/C54H67BN2/c1-33-26-44-47-45(27-33)57(39-29-36(51(8,9)10)28-37(30-39)52(11,12)13)48-41(24-23-40-46(48)54(16,17)32-53(40,14)15)55(47)42-31-35(50(5,6)7)20-25-43(42)56(44)38-21-18-34(19-22-38)49(2,3)4/h18-31H,32H2,1-17H3. The smallest absolute Gasteiger partial charge is 0.252 e. The molecule has 0 amide bonds. The third-order valence-corrected chi connectivity index (χ3v) is 13.4. The van der Waals surface area contributed by atoms with Crippen LogP contribution in [0, 0.1) is 6.92 Å². The van der Waals surface area contributed by atoms with E-state index in [0.717, 1.165) is 6.42 Å². The van der Waals surface area contributed by atoms with Crippen LogP contribution in [-0.2, 0) is 32.5 Å². The number of aryl methyl sites for hydroxylation is 1. The predicted molar refractivity (Wildman–Crippen MR) is 251 cm³/mol. The van der Waals surface area contributed by atoms with Crippen LogP contribution >= 0.6 is 0 Å². The first kappa shape index (κ1) is 39.6. The van der Waals surface area contributed by atoms with Crippen LogP contribution in [0.4, 0.5) is 34.1 Å². The highest BCUT2D eigenvalue weighted by molar-refractivity contribution is 7.00. The molecular formula is C54H67BN2. The minimum atomic E-state index is -0.0125. The van der Waals surface area contributed by atoms with Gasteiger partial charge < -0.3 is 9.80 Å². The van der Waals surface area contributed by atoms with Crippen molar-refractivity contribution in [1.82, 2.24) is 0 Å². The first-order valence-corrected chi connectivity index (χ1v) is 21.5. The van der Waals surface area contributed by atoms with Crippen molar-refractivity contribution < 1.29 is 0 Å². The van der Waals surface area contributed by atoms with Crippen molar-refractivity contribution in [2.75, 3.05) is 9.80 Å². The van der Waals surface area contributed by atoms with Crippen LogP contribution < -0.4 is 26.2 Å². The summed E-state index contributed by atoms with van der Waals surface area (Å²) in [5, 5.41) is 0. The van der Waals surface area contributed by atoms with Crippen LogP contribution in [0.15, 0.2) is 84.9 Å². The molecule has 1 aliphatic carbocycles. The fraction of sp³-hybridized carbons (Fsp3) is 0.444. The Morgan fingerprint density at radius 3 is 1.54 bits per heavy atom. The van der Waals surface area contributed by atoms with Crippen molar-refractivity contribution in [2.45, 2.75) is 157 Å². The third kappa shape index (κ3) is 6.38. The van der Waals surface area contributed by atoms with Gasteiger partial charge >= 0.3 is 0 Å². The molecule has 0 atom stereocenters. The maximum absolute atomic E-state index is 2.73. The third-order valence-electron chi connectivity index (χ3n) is 13.4. The van der Waals surface area contributed by atoms with Crippen molar-refractivity contribution in [1.29, 1.82) is 0 Å². The van der Waals surface area contributed by atoms with Crippen molar-refractivity contribution in [3.8, 4) is 0 Å². The van der Waals surface area contributed by atoms with Crippen molar-refractivity contribution in [3.63, 3.8) is 0 Å². The van der Waals surface area contributed by atoms with E-state index in [1.807, 2.05) is 0 Å². The molecule has 0 radical (unpaired) electrons. The fourth-order valence-electron chi connectivity index (χ4n) is 10.5. The highest BCUT2D eigenvalue weighted by Gasteiger charge is 2.50. The molecule has 0 aromatic heterocycles. The minimum absolute atomic E-state index is 0.00727. The predicted octanol–water partition coefficient (Wildman–Crippen LogP) is 13.2. The molecule has 2 aliphatic heterocycles. The van der Waals surface area contributed by atoms with Gasteiger partial charge in [-0.25, -0.2) is 0 Å². The molecule has 3 aliphatic rings. The zero-order valence-electron chi connectivity index (χ0n) is 38.3. The molecule has 57 heavy (non-hydrogen) atoms. The number of rotatable bonds is 2. The SMILES string of the molecule is Cc1cc2c3c(c1)N(c1cc(C(C)(C)C)cc(C(C)(C)C)c1)c1c(ccc4c1C(C)(C)CC4(C)C)B3c1cc(C(C)(C)C)ccc1N2c1ccc(C(C)(C)C)cc1. The van der Waals surface area contributed by atoms with Gasteiger partial charge in [0.2, 0.25) is 0 Å². The lowest BCUT2D eigenvalue weighted by molar-refractivity contribution is 0.403. The van der Waals surface area contributed by atoms with Gasteiger partial charge in [-0.1, -0.05) is 153 Å². The second kappa shape index (κ2) is 12.4. The maximum Gasteiger partial charge on any atom is 0.252 e. The number of hydrogen-bond donors (Lipinski definition) is 0. The van der Waals surface area contributed by atoms with Gasteiger partial charge in [-0.15, -0.1) is 0 Å². The minimum Gasteiger partial charge on any atom is -0.311 e. The van der Waals surface area contributed by atoms with Crippen LogP contribution in [-0.4, -0.2) is 6.71 Å². The Labute approximate surface area is 346 Å². The lowest BCUT2D eigenvalue weighted by atomic mass is 9.33. The Morgan fingerprint density at radius 2 is 1.00 bits per heavy atom. The summed E-state index contributed by atoms with van der Waals surface area (Å²) < 4.78 is 0. The molecule has 0 spiro atoms. The van der Waals surface area contributed by atoms with E-state index in [9.17, 15) is 0 Å². The van der Waals surface area contributed by atoms with Crippen LogP contribution in [0.5, 0.6) is 0 Å². The fourth-order valence-corrected chi connectivity index (χ4v) is 10.5. The summed E-state index contributed by atoms with van der Waals surface area (Å²) in [6.45, 7) is 40.5. The van der Waals surface area contributed by atoms with Crippen LogP contribution in [0.1, 0.15) is 156 Å². The first-order valence-electron chi connectivity index (χ1n) is 21.5. The lowest BCUT2D eigenvalue weighted by Gasteiger charge is -2.46. The largest absolute Gasteiger partial charge is 0.311 e. The van der Waals surface area contributed by atoms with E-state index in [4.69, 9.17) is 0 Å². The molecule has 8 rings (SSSR count). The average Bonchev–Trinajstić information content (AvgIpc) is 3.28. The number of hydrogen-bond acceptors (Lipinski definition) is 2. The van der Waals surface area contributed by atoms with E-state index >= 15 is 0 Å². The molecule has 0 bridgehead atoms. The molecular weight excluding hydrogens is 687 g/mol. The quantitative estimate of drug-likeness (QED) is 0.162. The summed E-state index contributed by atoms with van der Waals surface area (Å²) in [7, 11) is 0. The molecule has 5 aromatic carbocycles. The van der Waals surface area contributed by atoms with E-state index in [2.05, 4.69) is 212 Å². The molecule has 0 fully saturated rings. The van der Waals surface area contributed by atoms with Gasteiger partial charge in [0.15, 0.2) is 0 Å². The molecule has 0 unspecified atom stereocenters. The van der Waals surface area contributed by atoms with Crippen LogP contribution in [0.25, 0.3) is 0 Å². The van der Waals surface area contributed by atoms with E-state index in [-0.39, 0.29) is 39.2 Å². The summed E-state index contributed by atoms with van der Waals surface area (Å²) in [4.78, 5) is 5.30. The normalized spacial score (nSPS) is 17.0. The second-order valence-electron chi connectivity index (χ2n) is 23.3. The van der Waals surface area contributed by atoms with Gasteiger partial charge in [0.1, 0.15) is 0 Å². The summed E-state index contributed by atoms with van der Waals surface area (Å²) in [5.74, 6) is 0. The number of benzene rings is 5. The Morgan fingerprint density at radius 1 is 0.474 bits per heavy atom. The summed E-state index contributed by atoms with van der Waals surface area (Å²) in [6, 6.07) is 34.2. The zero-order valence-corrected chi connectivity index (χ0v) is 38.3. The molecule has 296 valence electrons. The highest BCUT2D eigenvalue weighted by atomic mass is 15.2. The van der Waals surface area contributed by atoms with Crippen molar-refractivity contribution >= 4 is 57.2 Å². The zero-order chi connectivity index (χ0) is 41.6. The molecule has 0 saturated heterocycles. The van der Waals surface area contributed by atoms with Crippen molar-refractivity contribution in [3.05, 3.63) is 124 Å². The number of nitrogens with zero attached hydrogens (tertiary/aromatic N) is 2. The Kier molecular flexibility index (Phi) is 8.60. The van der Waals surface area contributed by atoms with E-state index < -0.39 is 0 Å². The molecule has 2 heterocycles. The molecule has 0 N–H and O–H groups in total. The Hall–Kier alpha value is -4.24.